The summed E-state index contributed by atoms with van der Waals surface area (Å²) in [7, 11) is 0. The average Bonchev–Trinajstić information content (AvgIpc) is 3.44. The summed E-state index contributed by atoms with van der Waals surface area (Å²) in [6, 6.07) is 20.9. The first-order chi connectivity index (χ1) is 17.7. The van der Waals surface area contributed by atoms with Crippen LogP contribution in [0.5, 0.6) is 0 Å². The molecule has 0 radical (unpaired) electrons. The maximum atomic E-state index is 6.26. The van der Waals surface area contributed by atoms with Gasteiger partial charge in [0.25, 0.3) is 0 Å². The van der Waals surface area contributed by atoms with E-state index in [2.05, 4.69) is 135 Å². The molecule has 0 saturated heterocycles. The van der Waals surface area contributed by atoms with E-state index in [9.17, 15) is 0 Å². The molecule has 4 rings (SSSR count). The second kappa shape index (κ2) is 17.2. The first-order valence-electron chi connectivity index (χ1n) is 13.7. The van der Waals surface area contributed by atoms with E-state index in [1.165, 1.54) is 26.1 Å². The van der Waals surface area contributed by atoms with Crippen LogP contribution in [0.4, 0.5) is 0 Å². The lowest BCUT2D eigenvalue weighted by molar-refractivity contribution is 0.457. The van der Waals surface area contributed by atoms with Gasteiger partial charge in [0.05, 0.1) is 5.02 Å². The predicted octanol–water partition coefficient (Wildman–Crippen LogP) is 13.3. The lowest BCUT2D eigenvalue weighted by Crippen LogP contribution is -1.95. The Hall–Kier alpha value is -1.55. The molecule has 0 bridgehead atoms. The van der Waals surface area contributed by atoms with Crippen LogP contribution >= 0.6 is 38.9 Å². The number of benzene rings is 2. The molecule has 38 heavy (non-hydrogen) atoms. The molecule has 0 aliphatic rings. The number of fused-ring (bicyclic) bond motifs is 1. The molecule has 4 heteroatoms. The zero-order valence-electron chi connectivity index (χ0n) is 25.2. The first-order valence-corrected chi connectivity index (χ1v) is 15.7. The molecule has 0 N–H and O–H groups in total. The van der Waals surface area contributed by atoms with Gasteiger partial charge in [-0.05, 0) is 70.3 Å². The maximum Gasteiger partial charge on any atom is 0.169 e. The van der Waals surface area contributed by atoms with Gasteiger partial charge < -0.3 is 4.42 Å². The summed E-state index contributed by atoms with van der Waals surface area (Å²) >= 11 is 11.3. The second-order valence-electron chi connectivity index (χ2n) is 11.3. The third-order valence-electron chi connectivity index (χ3n) is 6.32. The van der Waals surface area contributed by atoms with Crippen molar-refractivity contribution in [3.63, 3.8) is 0 Å². The van der Waals surface area contributed by atoms with Crippen LogP contribution in [-0.2, 0) is 0 Å². The normalized spacial score (nSPS) is 10.9. The lowest BCUT2D eigenvalue weighted by atomic mass is 10.0. The molecular formula is C34H48BrClOS. The standard InChI is InChI=1S/C11H11ClS.C10H14.C7H9BrO.C6H14/c1-7(2)11-10(12)8-5-3-4-6-9(8)13-11;1-8(2)10-6-4-9(3)5-7-10;1-5(2)6-3-4-7(8)9-6;1-5(2)6(3)4/h3-7H,1-2H3;4-8H,1-3H3;3-5H,1-2H3;5-6H,1-4H3. The molecule has 0 saturated carbocycles. The molecule has 0 atom stereocenters. The lowest BCUT2D eigenvalue weighted by Gasteiger charge is -2.05. The minimum atomic E-state index is 0.483. The Morgan fingerprint density at radius 1 is 0.684 bits per heavy atom. The average molecular weight is 620 g/mol. The van der Waals surface area contributed by atoms with Gasteiger partial charge in [-0.3, -0.25) is 0 Å². The molecule has 0 amide bonds. The molecule has 2 heterocycles. The van der Waals surface area contributed by atoms with Gasteiger partial charge in [-0.25, -0.2) is 0 Å². The van der Waals surface area contributed by atoms with Crippen LogP contribution in [0, 0.1) is 18.8 Å². The van der Waals surface area contributed by atoms with Crippen LogP contribution in [0.25, 0.3) is 10.1 Å². The van der Waals surface area contributed by atoms with E-state index in [0.29, 0.717) is 17.8 Å². The highest BCUT2D eigenvalue weighted by molar-refractivity contribution is 9.10. The van der Waals surface area contributed by atoms with E-state index in [0.717, 1.165) is 27.3 Å². The zero-order valence-corrected chi connectivity index (χ0v) is 28.4. The minimum Gasteiger partial charge on any atom is -0.454 e. The Morgan fingerprint density at radius 2 is 1.24 bits per heavy atom. The van der Waals surface area contributed by atoms with Crippen LogP contribution in [0.3, 0.4) is 0 Å². The SMILES string of the molecule is CC(C)C(C)C.CC(C)c1ccc(Br)o1.CC(C)c1sc2ccccc2c1Cl.Cc1ccc(C(C)C)cc1. The maximum absolute atomic E-state index is 6.26. The number of aryl methyl sites for hydroxylation is 1. The van der Waals surface area contributed by atoms with Crippen molar-refractivity contribution < 1.29 is 4.42 Å². The van der Waals surface area contributed by atoms with Crippen molar-refractivity contribution in [2.45, 2.75) is 93.9 Å². The number of rotatable bonds is 4. The van der Waals surface area contributed by atoms with Crippen LogP contribution in [-0.4, -0.2) is 0 Å². The Kier molecular flexibility index (Phi) is 15.6. The van der Waals surface area contributed by atoms with Gasteiger partial charge in [0, 0.05) is 20.9 Å². The summed E-state index contributed by atoms with van der Waals surface area (Å²) in [5, 5.41) is 2.13. The van der Waals surface area contributed by atoms with Gasteiger partial charge in [-0.2, -0.15) is 0 Å². The van der Waals surface area contributed by atoms with Crippen LogP contribution < -0.4 is 0 Å². The van der Waals surface area contributed by atoms with Crippen LogP contribution in [0.15, 0.2) is 69.8 Å². The number of hydrogen-bond acceptors (Lipinski definition) is 2. The van der Waals surface area contributed by atoms with Crippen LogP contribution in [0.2, 0.25) is 5.02 Å². The molecule has 0 aliphatic heterocycles. The third kappa shape index (κ3) is 12.1. The molecule has 210 valence electrons. The summed E-state index contributed by atoms with van der Waals surface area (Å²) in [6.07, 6.45) is 0. The molecule has 4 aromatic rings. The zero-order chi connectivity index (χ0) is 29.0. The van der Waals surface area contributed by atoms with E-state index < -0.39 is 0 Å². The fourth-order valence-corrected chi connectivity index (χ4v) is 4.97. The largest absolute Gasteiger partial charge is 0.454 e. The van der Waals surface area contributed by atoms with E-state index in [1.807, 2.05) is 18.2 Å². The molecule has 2 aromatic carbocycles. The van der Waals surface area contributed by atoms with E-state index in [1.54, 1.807) is 11.3 Å². The smallest absolute Gasteiger partial charge is 0.169 e. The Labute approximate surface area is 250 Å². The fourth-order valence-electron chi connectivity index (χ4n) is 2.99. The van der Waals surface area contributed by atoms with Crippen molar-refractivity contribution in [1.29, 1.82) is 0 Å². The van der Waals surface area contributed by atoms with Crippen molar-refractivity contribution in [2.24, 2.45) is 11.8 Å². The molecular weight excluding hydrogens is 572 g/mol. The van der Waals surface area contributed by atoms with Crippen LogP contribution in [0.1, 0.15) is 109 Å². The summed E-state index contributed by atoms with van der Waals surface area (Å²) in [6.45, 7) is 24.1. The van der Waals surface area contributed by atoms with E-state index in [-0.39, 0.29) is 0 Å². The van der Waals surface area contributed by atoms with Gasteiger partial charge in [0.1, 0.15) is 5.76 Å². The van der Waals surface area contributed by atoms with Gasteiger partial charge in [-0.1, -0.05) is 129 Å². The molecule has 0 fully saturated rings. The van der Waals surface area contributed by atoms with Crippen molar-refractivity contribution in [3.8, 4) is 0 Å². The molecule has 0 aliphatic carbocycles. The fraction of sp³-hybridized carbons (Fsp3) is 0.471. The number of hydrogen-bond donors (Lipinski definition) is 0. The van der Waals surface area contributed by atoms with Gasteiger partial charge in [-0.15, -0.1) is 11.3 Å². The third-order valence-corrected chi connectivity index (χ3v) is 8.74. The molecule has 0 unspecified atom stereocenters. The van der Waals surface area contributed by atoms with Crippen molar-refractivity contribution in [2.75, 3.05) is 0 Å². The molecule has 1 nitrogen and oxygen atoms in total. The number of halogens is 2. The summed E-state index contributed by atoms with van der Waals surface area (Å²) < 4.78 is 7.36. The minimum absolute atomic E-state index is 0.483. The summed E-state index contributed by atoms with van der Waals surface area (Å²) in [5.74, 6) is 4.39. The van der Waals surface area contributed by atoms with E-state index in [4.69, 9.17) is 16.0 Å². The van der Waals surface area contributed by atoms with Gasteiger partial charge in [0.15, 0.2) is 4.67 Å². The second-order valence-corrected chi connectivity index (χ2v) is 13.5. The predicted molar refractivity (Wildman–Crippen MR) is 176 cm³/mol. The Morgan fingerprint density at radius 3 is 1.61 bits per heavy atom. The van der Waals surface area contributed by atoms with Gasteiger partial charge in [0.2, 0.25) is 0 Å². The number of thiophene rings is 1. The van der Waals surface area contributed by atoms with E-state index >= 15 is 0 Å². The first kappa shape index (κ1) is 34.5. The van der Waals surface area contributed by atoms with Crippen molar-refractivity contribution >= 4 is 49.0 Å². The van der Waals surface area contributed by atoms with Gasteiger partial charge >= 0.3 is 0 Å². The molecule has 0 spiro atoms. The highest BCUT2D eigenvalue weighted by Gasteiger charge is 2.11. The molecule has 2 aromatic heterocycles. The Bertz CT molecular complexity index is 1180. The quantitative estimate of drug-likeness (QED) is 0.221. The van der Waals surface area contributed by atoms with Crippen molar-refractivity contribution in [3.05, 3.63) is 92.1 Å². The highest BCUT2D eigenvalue weighted by Crippen LogP contribution is 2.39. The Balaban J connectivity index is 0.000000263. The summed E-state index contributed by atoms with van der Waals surface area (Å²) in [5.41, 5.74) is 2.76. The summed E-state index contributed by atoms with van der Waals surface area (Å²) in [4.78, 5) is 1.29. The number of furan rings is 1. The topological polar surface area (TPSA) is 13.1 Å². The van der Waals surface area contributed by atoms with Crippen molar-refractivity contribution in [1.82, 2.24) is 0 Å². The monoisotopic (exact) mass is 618 g/mol. The highest BCUT2D eigenvalue weighted by atomic mass is 79.9.